The second-order valence-corrected chi connectivity index (χ2v) is 20.1. The number of hydrogen-bond acceptors (Lipinski definition) is 6. The highest BCUT2D eigenvalue weighted by Crippen LogP contribution is 2.35. The minimum absolute atomic E-state index is 0.00540. The molecule has 2 N–H and O–H groups in total. The molecular formula is C31H42IN5O6Si. The van der Waals surface area contributed by atoms with E-state index < -0.39 is 19.8 Å². The van der Waals surface area contributed by atoms with Gasteiger partial charge in [-0.15, -0.1) is 0 Å². The first-order chi connectivity index (χ1) is 20.8. The van der Waals surface area contributed by atoms with E-state index in [1.165, 1.54) is 15.8 Å². The van der Waals surface area contributed by atoms with Crippen molar-refractivity contribution in [3.8, 4) is 0 Å². The van der Waals surface area contributed by atoms with Gasteiger partial charge in [-0.1, -0.05) is 50.0 Å². The highest BCUT2D eigenvalue weighted by Gasteiger charge is 2.41. The van der Waals surface area contributed by atoms with Crippen LogP contribution in [0.1, 0.15) is 30.7 Å². The second kappa shape index (κ2) is 13.3. The van der Waals surface area contributed by atoms with E-state index in [9.17, 15) is 24.6 Å². The average Bonchev–Trinajstić information content (AvgIpc) is 3.32. The molecule has 0 saturated carbocycles. The van der Waals surface area contributed by atoms with Gasteiger partial charge in [-0.2, -0.15) is 0 Å². The normalized spacial score (nSPS) is 20.7. The molecule has 13 heteroatoms. The van der Waals surface area contributed by atoms with Crippen molar-refractivity contribution >= 4 is 53.7 Å². The van der Waals surface area contributed by atoms with Gasteiger partial charge in [0.1, 0.15) is 18.7 Å². The Morgan fingerprint density at radius 2 is 1.82 bits per heavy atom. The Labute approximate surface area is 272 Å². The largest absolute Gasteiger partial charge is 0.465 e. The molecule has 0 spiro atoms. The van der Waals surface area contributed by atoms with Crippen LogP contribution in [0.5, 0.6) is 0 Å². The number of nitrogens with zero attached hydrogens (tertiary/aromatic N) is 5. The van der Waals surface area contributed by atoms with E-state index in [2.05, 4.69) is 47.2 Å². The van der Waals surface area contributed by atoms with Gasteiger partial charge >= 0.3 is 6.09 Å². The van der Waals surface area contributed by atoms with Crippen molar-refractivity contribution in [2.45, 2.75) is 69.7 Å². The van der Waals surface area contributed by atoms with E-state index in [1.54, 1.807) is 4.90 Å². The van der Waals surface area contributed by atoms with Crippen LogP contribution in [0.3, 0.4) is 0 Å². The number of carbonyl (C=O) groups excluding carboxylic acids is 1. The van der Waals surface area contributed by atoms with Crippen molar-refractivity contribution in [2.75, 3.05) is 32.8 Å². The van der Waals surface area contributed by atoms with Gasteiger partial charge in [-0.05, 0) is 59.5 Å². The zero-order chi connectivity index (χ0) is 31.6. The lowest BCUT2D eigenvalue weighted by molar-refractivity contribution is -0.142. The number of fused-ring (bicyclic) bond motifs is 1. The predicted molar refractivity (Wildman–Crippen MR) is 178 cm³/mol. The molecule has 1 aromatic carbocycles. The Morgan fingerprint density at radius 3 is 2.48 bits per heavy atom. The highest BCUT2D eigenvalue weighted by atomic mass is 127. The van der Waals surface area contributed by atoms with Crippen LogP contribution < -0.4 is 5.56 Å². The fraction of sp³-hybridized carbons (Fsp3) is 0.548. The first-order valence-corrected chi connectivity index (χ1v) is 20.0. The highest BCUT2D eigenvalue weighted by molar-refractivity contribution is 14.1. The van der Waals surface area contributed by atoms with Crippen LogP contribution in [0.4, 0.5) is 4.79 Å². The number of amides is 2. The molecule has 2 atom stereocenters. The van der Waals surface area contributed by atoms with Crippen molar-refractivity contribution in [3.63, 3.8) is 0 Å². The molecule has 0 radical (unpaired) electrons. The summed E-state index contributed by atoms with van der Waals surface area (Å²) in [5.74, 6) is -0.569. The molecular weight excluding hydrogens is 693 g/mol. The van der Waals surface area contributed by atoms with E-state index in [4.69, 9.17) is 4.74 Å². The lowest BCUT2D eigenvalue weighted by Gasteiger charge is -2.42. The first-order valence-electron chi connectivity index (χ1n) is 15.2. The standard InChI is InChI=1S/C31H42IN5O6Si/c1-44(2,3)16-15-43-21-37-26(32)17-24-27(37)33-20-36(29(24)39)19-31(42)10-13-34(14-11-31)28(38)23-9-12-35(30(40)41)18-25(23)22-7-5-4-6-8-22/h4-8,17,20,23,25,42H,9-16,18-19,21H2,1-3H3,(H,40,41)/t23-,25+/m1/s1. The number of benzene rings is 1. The van der Waals surface area contributed by atoms with Gasteiger partial charge < -0.3 is 24.7 Å². The zero-order valence-corrected chi connectivity index (χ0v) is 28.8. The van der Waals surface area contributed by atoms with Gasteiger partial charge in [0.15, 0.2) is 0 Å². The summed E-state index contributed by atoms with van der Waals surface area (Å²) in [6.45, 7) is 9.33. The van der Waals surface area contributed by atoms with Crippen molar-refractivity contribution in [1.29, 1.82) is 0 Å². The maximum Gasteiger partial charge on any atom is 0.407 e. The molecule has 44 heavy (non-hydrogen) atoms. The molecule has 5 rings (SSSR count). The molecule has 2 aromatic heterocycles. The summed E-state index contributed by atoms with van der Waals surface area (Å²) in [6.07, 6.45) is 1.64. The van der Waals surface area contributed by atoms with Crippen LogP contribution in [0.25, 0.3) is 11.0 Å². The van der Waals surface area contributed by atoms with Crippen molar-refractivity contribution in [2.24, 2.45) is 5.92 Å². The molecule has 0 aliphatic carbocycles. The van der Waals surface area contributed by atoms with Gasteiger partial charge in [-0.3, -0.25) is 18.7 Å². The number of hydrogen-bond donors (Lipinski definition) is 2. The quantitative estimate of drug-likeness (QED) is 0.191. The Hall–Kier alpha value is -2.75. The predicted octanol–water partition coefficient (Wildman–Crippen LogP) is 4.25. The fourth-order valence-corrected chi connectivity index (χ4v) is 7.65. The molecule has 2 fully saturated rings. The number of aromatic nitrogens is 3. The molecule has 4 heterocycles. The van der Waals surface area contributed by atoms with Gasteiger partial charge in [0, 0.05) is 52.7 Å². The molecule has 2 saturated heterocycles. The van der Waals surface area contributed by atoms with Gasteiger partial charge in [0.05, 0.1) is 21.2 Å². The number of ether oxygens (including phenoxy) is 1. The van der Waals surface area contributed by atoms with Crippen LogP contribution in [0.2, 0.25) is 25.7 Å². The zero-order valence-electron chi connectivity index (χ0n) is 25.6. The van der Waals surface area contributed by atoms with Crippen LogP contribution in [-0.2, 0) is 22.8 Å². The van der Waals surface area contributed by atoms with E-state index >= 15 is 0 Å². The number of aliphatic hydroxyl groups is 1. The summed E-state index contributed by atoms with van der Waals surface area (Å²) in [6, 6.07) is 12.5. The number of rotatable bonds is 9. The van der Waals surface area contributed by atoms with Gasteiger partial charge in [-0.25, -0.2) is 9.78 Å². The van der Waals surface area contributed by atoms with Crippen molar-refractivity contribution in [1.82, 2.24) is 23.9 Å². The smallest absolute Gasteiger partial charge is 0.407 e. The summed E-state index contributed by atoms with van der Waals surface area (Å²) in [5.41, 5.74) is 0.153. The van der Waals surface area contributed by atoms with Crippen LogP contribution in [0.15, 0.2) is 47.5 Å². The molecule has 11 nitrogen and oxygen atoms in total. The molecule has 2 aliphatic rings. The Balaban J connectivity index is 1.24. The maximum absolute atomic E-state index is 13.8. The third-order valence-corrected chi connectivity index (χ3v) is 11.5. The van der Waals surface area contributed by atoms with E-state index in [-0.39, 0.29) is 36.4 Å². The number of carboxylic acid groups (broad SMARTS) is 1. The van der Waals surface area contributed by atoms with Crippen molar-refractivity contribution in [3.05, 3.63) is 62.3 Å². The van der Waals surface area contributed by atoms with Gasteiger partial charge in [0.25, 0.3) is 5.56 Å². The molecule has 0 bridgehead atoms. The van der Waals surface area contributed by atoms with Crippen LogP contribution in [0, 0.1) is 9.62 Å². The Morgan fingerprint density at radius 1 is 1.11 bits per heavy atom. The lowest BCUT2D eigenvalue weighted by atomic mass is 9.79. The Kier molecular flexibility index (Phi) is 9.87. The van der Waals surface area contributed by atoms with Crippen LogP contribution >= 0.6 is 22.6 Å². The maximum atomic E-state index is 13.8. The number of likely N-dealkylation sites (tertiary alicyclic amines) is 2. The first kappa shape index (κ1) is 32.6. The third kappa shape index (κ3) is 7.37. The topological polar surface area (TPSA) is 130 Å². The average molecular weight is 736 g/mol. The molecule has 2 aliphatic heterocycles. The summed E-state index contributed by atoms with van der Waals surface area (Å²) in [4.78, 5) is 46.7. The SMILES string of the molecule is C[Si](C)(C)CCOCn1c(I)cc2c(=O)n(CC3(O)CCN(C(=O)[C@@H]4CCN(C(=O)O)C[C@H]4c4ccccc4)CC3)cnc21. The number of piperidine rings is 2. The van der Waals surface area contributed by atoms with Crippen LogP contribution in [-0.4, -0.2) is 92.6 Å². The molecule has 3 aromatic rings. The summed E-state index contributed by atoms with van der Waals surface area (Å²) < 4.78 is 10.1. The minimum atomic E-state index is -1.21. The summed E-state index contributed by atoms with van der Waals surface area (Å²) in [5, 5.41) is 21.6. The lowest BCUT2D eigenvalue weighted by Crippen LogP contribution is -2.53. The second-order valence-electron chi connectivity index (χ2n) is 13.3. The fourth-order valence-electron chi connectivity index (χ4n) is 6.22. The molecule has 2 amide bonds. The van der Waals surface area contributed by atoms with Crippen molar-refractivity contribution < 1.29 is 24.5 Å². The summed E-state index contributed by atoms with van der Waals surface area (Å²) in [7, 11) is -1.21. The van der Waals surface area contributed by atoms with E-state index in [1.807, 2.05) is 41.0 Å². The molecule has 0 unspecified atom stereocenters. The van der Waals surface area contributed by atoms with Gasteiger partial charge in [0.2, 0.25) is 5.91 Å². The third-order valence-electron chi connectivity index (χ3n) is 8.94. The van der Waals surface area contributed by atoms with E-state index in [0.29, 0.717) is 63.3 Å². The summed E-state index contributed by atoms with van der Waals surface area (Å²) >= 11 is 2.19. The Bertz CT molecular complexity index is 1550. The number of halogens is 1. The van der Waals surface area contributed by atoms with E-state index in [0.717, 1.165) is 15.3 Å². The minimum Gasteiger partial charge on any atom is -0.465 e. The number of carbonyl (C=O) groups is 2. The molecule has 238 valence electrons. The monoisotopic (exact) mass is 735 g/mol.